The maximum absolute atomic E-state index is 13.2. The lowest BCUT2D eigenvalue weighted by Gasteiger charge is -2.39. The van der Waals surface area contributed by atoms with E-state index >= 15 is 0 Å². The number of nitrogens with one attached hydrogen (secondary N) is 1. The number of sulfonamides is 1. The molecular weight excluding hydrogens is 352 g/mol. The van der Waals surface area contributed by atoms with E-state index in [4.69, 9.17) is 4.74 Å². The van der Waals surface area contributed by atoms with Crippen LogP contribution in [0.25, 0.3) is 0 Å². The SMILES string of the molecule is CCN1CCN(S(=O)(=O)c2ccc3c(c2)C[C@@H](C)O3)C[C@@H]1c1ncc[nH]1. The second kappa shape index (κ2) is 6.68. The zero-order valence-corrected chi connectivity index (χ0v) is 15.9. The highest BCUT2D eigenvalue weighted by Crippen LogP contribution is 2.33. The Morgan fingerprint density at radius 3 is 2.92 bits per heavy atom. The van der Waals surface area contributed by atoms with Gasteiger partial charge < -0.3 is 9.72 Å². The average Bonchev–Trinajstić information content (AvgIpc) is 3.28. The van der Waals surface area contributed by atoms with Gasteiger partial charge in [0.15, 0.2) is 0 Å². The number of ether oxygens (including phenoxy) is 1. The van der Waals surface area contributed by atoms with Gasteiger partial charge in [-0.25, -0.2) is 13.4 Å². The lowest BCUT2D eigenvalue weighted by molar-refractivity contribution is 0.119. The summed E-state index contributed by atoms with van der Waals surface area (Å²) in [7, 11) is -3.55. The van der Waals surface area contributed by atoms with Crippen LogP contribution in [0.5, 0.6) is 5.75 Å². The standard InChI is InChI=1S/C18H24N4O3S/c1-3-21-8-9-22(12-16(21)18-19-6-7-20-18)26(23,24)15-4-5-17-14(11-15)10-13(2)25-17/h4-7,11,13,16H,3,8-10,12H2,1-2H3,(H,19,20)/t13-,16-/m1/s1. The van der Waals surface area contributed by atoms with Gasteiger partial charge in [0.1, 0.15) is 17.7 Å². The average molecular weight is 376 g/mol. The summed E-state index contributed by atoms with van der Waals surface area (Å²) in [5.41, 5.74) is 0.966. The van der Waals surface area contributed by atoms with Crippen molar-refractivity contribution in [3.8, 4) is 5.75 Å². The zero-order chi connectivity index (χ0) is 18.3. The number of H-pyrrole nitrogens is 1. The van der Waals surface area contributed by atoms with Gasteiger partial charge >= 0.3 is 0 Å². The molecule has 2 aliphatic heterocycles. The topological polar surface area (TPSA) is 78.5 Å². The third-order valence-electron chi connectivity index (χ3n) is 5.20. The minimum atomic E-state index is -3.55. The molecule has 8 heteroatoms. The number of hydrogen-bond donors (Lipinski definition) is 1. The van der Waals surface area contributed by atoms with Crippen LogP contribution >= 0.6 is 0 Å². The Hall–Kier alpha value is -1.90. The first-order chi connectivity index (χ1) is 12.5. The van der Waals surface area contributed by atoms with E-state index in [9.17, 15) is 8.42 Å². The highest BCUT2D eigenvalue weighted by molar-refractivity contribution is 7.89. The zero-order valence-electron chi connectivity index (χ0n) is 15.1. The number of imidazole rings is 1. The predicted molar refractivity (Wildman–Crippen MR) is 97.6 cm³/mol. The summed E-state index contributed by atoms with van der Waals surface area (Å²) in [6.07, 6.45) is 4.33. The number of aromatic amines is 1. The number of hydrogen-bond acceptors (Lipinski definition) is 5. The van der Waals surface area contributed by atoms with Gasteiger partial charge in [-0.3, -0.25) is 4.90 Å². The van der Waals surface area contributed by atoms with Crippen LogP contribution in [-0.4, -0.2) is 59.9 Å². The molecule has 2 aromatic rings. The van der Waals surface area contributed by atoms with E-state index in [1.165, 1.54) is 0 Å². The summed E-state index contributed by atoms with van der Waals surface area (Å²) in [6, 6.07) is 5.14. The molecule has 1 fully saturated rings. The highest BCUT2D eigenvalue weighted by Gasteiger charge is 2.36. The van der Waals surface area contributed by atoms with Crippen LogP contribution in [0.3, 0.4) is 0 Å². The third-order valence-corrected chi connectivity index (χ3v) is 7.06. The maximum atomic E-state index is 13.2. The molecule has 0 aliphatic carbocycles. The normalized spacial score (nSPS) is 24.4. The Labute approximate surface area is 154 Å². The minimum Gasteiger partial charge on any atom is -0.490 e. The van der Waals surface area contributed by atoms with Crippen molar-refractivity contribution in [1.82, 2.24) is 19.2 Å². The van der Waals surface area contributed by atoms with Crippen molar-refractivity contribution >= 4 is 10.0 Å². The van der Waals surface area contributed by atoms with Crippen molar-refractivity contribution in [2.45, 2.75) is 37.3 Å². The molecule has 0 radical (unpaired) electrons. The molecule has 0 amide bonds. The van der Waals surface area contributed by atoms with Crippen molar-refractivity contribution in [3.63, 3.8) is 0 Å². The third kappa shape index (κ3) is 3.02. The van der Waals surface area contributed by atoms with Crippen molar-refractivity contribution in [1.29, 1.82) is 0 Å². The summed E-state index contributed by atoms with van der Waals surface area (Å²) < 4.78 is 33.7. The van der Waals surface area contributed by atoms with Gasteiger partial charge in [0, 0.05) is 38.4 Å². The van der Waals surface area contributed by atoms with Crippen molar-refractivity contribution < 1.29 is 13.2 Å². The molecule has 140 valence electrons. The molecule has 3 heterocycles. The monoisotopic (exact) mass is 376 g/mol. The maximum Gasteiger partial charge on any atom is 0.243 e. The summed E-state index contributed by atoms with van der Waals surface area (Å²) >= 11 is 0. The molecule has 1 aromatic carbocycles. The van der Waals surface area contributed by atoms with Crippen LogP contribution in [0.4, 0.5) is 0 Å². The number of nitrogens with zero attached hydrogens (tertiary/aromatic N) is 3. The first-order valence-corrected chi connectivity index (χ1v) is 10.5. The second-order valence-corrected chi connectivity index (χ2v) is 8.82. The van der Waals surface area contributed by atoms with E-state index in [1.54, 1.807) is 34.9 Å². The van der Waals surface area contributed by atoms with Crippen LogP contribution in [0.15, 0.2) is 35.5 Å². The van der Waals surface area contributed by atoms with Gasteiger partial charge in [0.2, 0.25) is 10.0 Å². The molecule has 1 N–H and O–H groups in total. The number of likely N-dealkylation sites (N-methyl/N-ethyl adjacent to an activating group) is 1. The van der Waals surface area contributed by atoms with Gasteiger partial charge in [0.25, 0.3) is 0 Å². The molecular formula is C18H24N4O3S. The molecule has 0 bridgehead atoms. The van der Waals surface area contributed by atoms with E-state index in [0.717, 1.165) is 30.1 Å². The van der Waals surface area contributed by atoms with Gasteiger partial charge in [-0.1, -0.05) is 6.92 Å². The van der Waals surface area contributed by atoms with E-state index in [0.29, 0.717) is 24.5 Å². The van der Waals surface area contributed by atoms with Crippen molar-refractivity contribution in [2.24, 2.45) is 0 Å². The summed E-state index contributed by atoms with van der Waals surface area (Å²) in [6.45, 7) is 6.50. The summed E-state index contributed by atoms with van der Waals surface area (Å²) in [5.74, 6) is 1.60. The van der Waals surface area contributed by atoms with Gasteiger partial charge in [-0.15, -0.1) is 0 Å². The van der Waals surface area contributed by atoms with Crippen LogP contribution in [0.2, 0.25) is 0 Å². The van der Waals surface area contributed by atoms with Crippen LogP contribution < -0.4 is 4.74 Å². The number of aromatic nitrogens is 2. The molecule has 1 aromatic heterocycles. The minimum absolute atomic E-state index is 0.0590. The number of fused-ring (bicyclic) bond motifs is 1. The van der Waals surface area contributed by atoms with Gasteiger partial charge in [-0.2, -0.15) is 4.31 Å². The molecule has 0 spiro atoms. The van der Waals surface area contributed by atoms with E-state index < -0.39 is 10.0 Å². The fourth-order valence-electron chi connectivity index (χ4n) is 3.82. The Kier molecular flexibility index (Phi) is 4.50. The lowest BCUT2D eigenvalue weighted by Crippen LogP contribution is -2.50. The second-order valence-electron chi connectivity index (χ2n) is 6.88. The molecule has 1 saturated heterocycles. The largest absolute Gasteiger partial charge is 0.490 e. The molecule has 26 heavy (non-hydrogen) atoms. The summed E-state index contributed by atoms with van der Waals surface area (Å²) in [5, 5.41) is 0. The van der Waals surface area contributed by atoms with Gasteiger partial charge in [-0.05, 0) is 37.2 Å². The van der Waals surface area contributed by atoms with Crippen molar-refractivity contribution in [2.75, 3.05) is 26.2 Å². The first kappa shape index (κ1) is 17.5. The van der Waals surface area contributed by atoms with Crippen LogP contribution in [0.1, 0.15) is 31.3 Å². The van der Waals surface area contributed by atoms with E-state index in [1.807, 2.05) is 6.92 Å². The quantitative estimate of drug-likeness (QED) is 0.880. The van der Waals surface area contributed by atoms with E-state index in [-0.39, 0.29) is 12.1 Å². The molecule has 4 rings (SSSR count). The van der Waals surface area contributed by atoms with Crippen molar-refractivity contribution in [3.05, 3.63) is 42.0 Å². The molecule has 2 atom stereocenters. The molecule has 0 unspecified atom stereocenters. The molecule has 7 nitrogen and oxygen atoms in total. The molecule has 2 aliphatic rings. The summed E-state index contributed by atoms with van der Waals surface area (Å²) in [4.78, 5) is 10.1. The molecule has 0 saturated carbocycles. The predicted octanol–water partition coefficient (Wildman–Crippen LogP) is 1.80. The Morgan fingerprint density at radius 1 is 1.35 bits per heavy atom. The Bertz CT molecular complexity index is 882. The fourth-order valence-corrected chi connectivity index (χ4v) is 5.31. The number of rotatable bonds is 4. The Balaban J connectivity index is 1.61. The Morgan fingerprint density at radius 2 is 2.19 bits per heavy atom. The smallest absolute Gasteiger partial charge is 0.243 e. The fraction of sp³-hybridized carbons (Fsp3) is 0.500. The van der Waals surface area contributed by atoms with Crippen LogP contribution in [0, 0.1) is 0 Å². The lowest BCUT2D eigenvalue weighted by atomic mass is 10.1. The van der Waals surface area contributed by atoms with E-state index in [2.05, 4.69) is 21.8 Å². The first-order valence-electron chi connectivity index (χ1n) is 9.02. The number of piperazine rings is 1. The number of benzene rings is 1. The van der Waals surface area contributed by atoms with Crippen LogP contribution in [-0.2, 0) is 16.4 Å². The van der Waals surface area contributed by atoms with Gasteiger partial charge in [0.05, 0.1) is 10.9 Å². The highest BCUT2D eigenvalue weighted by atomic mass is 32.2.